The molecule has 2 aliphatic heterocycles. The van der Waals surface area contributed by atoms with E-state index in [1.54, 1.807) is 35.6 Å². The van der Waals surface area contributed by atoms with E-state index in [2.05, 4.69) is 4.98 Å². The van der Waals surface area contributed by atoms with E-state index in [0.717, 1.165) is 5.56 Å². The van der Waals surface area contributed by atoms with Gasteiger partial charge in [-0.3, -0.25) is 14.6 Å². The quantitative estimate of drug-likeness (QED) is 0.563. The van der Waals surface area contributed by atoms with Crippen LogP contribution in [0, 0.1) is 11.7 Å². The van der Waals surface area contributed by atoms with E-state index >= 15 is 4.39 Å². The second-order valence-corrected chi connectivity index (χ2v) is 8.62. The van der Waals surface area contributed by atoms with E-state index in [4.69, 9.17) is 0 Å². The van der Waals surface area contributed by atoms with Gasteiger partial charge in [0.05, 0.1) is 18.0 Å². The van der Waals surface area contributed by atoms with Crippen LogP contribution >= 0.6 is 0 Å². The maximum absolute atomic E-state index is 15.1. The largest absolute Gasteiger partial charge is 0.326 e. The van der Waals surface area contributed by atoms with Gasteiger partial charge >= 0.3 is 0 Å². The van der Waals surface area contributed by atoms with E-state index in [0.29, 0.717) is 24.4 Å². The summed E-state index contributed by atoms with van der Waals surface area (Å²) >= 11 is 0. The van der Waals surface area contributed by atoms with Gasteiger partial charge in [0, 0.05) is 37.0 Å². The highest BCUT2D eigenvalue weighted by atomic mass is 19.1. The Bertz CT molecular complexity index is 1160. The summed E-state index contributed by atoms with van der Waals surface area (Å²) < 4.78 is 16.9. The van der Waals surface area contributed by atoms with Crippen molar-refractivity contribution < 1.29 is 14.0 Å². The molecule has 0 radical (unpaired) electrons. The van der Waals surface area contributed by atoms with Crippen LogP contribution in [0.2, 0.25) is 0 Å². The molecular formula is C25H25FN4O2. The lowest BCUT2D eigenvalue weighted by Gasteiger charge is -2.27. The summed E-state index contributed by atoms with van der Waals surface area (Å²) in [6, 6.07) is 15.0. The van der Waals surface area contributed by atoms with E-state index in [9.17, 15) is 9.59 Å². The van der Waals surface area contributed by atoms with Crippen LogP contribution < -0.4 is 0 Å². The second-order valence-electron chi connectivity index (χ2n) is 8.62. The molecule has 7 heteroatoms. The van der Waals surface area contributed by atoms with Crippen molar-refractivity contribution in [2.75, 3.05) is 6.54 Å². The molecule has 1 aromatic heterocycles. The Balaban J connectivity index is 1.71. The van der Waals surface area contributed by atoms with Gasteiger partial charge in [0.15, 0.2) is 5.82 Å². The van der Waals surface area contributed by atoms with Crippen molar-refractivity contribution in [3.05, 3.63) is 89.8 Å². The molecule has 0 saturated carbocycles. The van der Waals surface area contributed by atoms with Crippen molar-refractivity contribution in [1.82, 2.24) is 19.6 Å². The highest BCUT2D eigenvalue weighted by molar-refractivity contribution is 5.97. The molecule has 3 atom stereocenters. The van der Waals surface area contributed by atoms with Crippen molar-refractivity contribution in [1.29, 1.82) is 0 Å². The lowest BCUT2D eigenvalue weighted by molar-refractivity contribution is -0.138. The molecule has 0 unspecified atom stereocenters. The summed E-state index contributed by atoms with van der Waals surface area (Å²) in [4.78, 5) is 31.4. The predicted octanol–water partition coefficient (Wildman–Crippen LogP) is 4.35. The molecule has 0 N–H and O–H groups in total. The van der Waals surface area contributed by atoms with E-state index in [1.165, 1.54) is 6.07 Å². The molecule has 164 valence electrons. The minimum Gasteiger partial charge on any atom is -0.326 e. The van der Waals surface area contributed by atoms with Gasteiger partial charge in [0.1, 0.15) is 5.82 Å². The van der Waals surface area contributed by atoms with Crippen LogP contribution in [-0.4, -0.2) is 37.8 Å². The molecule has 0 bridgehead atoms. The highest BCUT2D eigenvalue weighted by Gasteiger charge is 2.57. The third-order valence-electron chi connectivity index (χ3n) is 6.47. The van der Waals surface area contributed by atoms with Crippen LogP contribution in [0.25, 0.3) is 0 Å². The summed E-state index contributed by atoms with van der Waals surface area (Å²) in [5.74, 6) is -1.06. The molecule has 3 aromatic rings. The SMILES string of the molecule is CC(C)n1ccnc1C(=O)[C@@H]1[C@H](c2ccccc2)N2CCC(=O)N2[C@H]1c1ccccc1F. The number of rotatable bonds is 5. The van der Waals surface area contributed by atoms with Crippen LogP contribution in [0.4, 0.5) is 4.39 Å². The van der Waals surface area contributed by atoms with Crippen molar-refractivity contribution in [3.63, 3.8) is 0 Å². The minimum atomic E-state index is -0.735. The molecule has 2 aromatic carbocycles. The fourth-order valence-electron chi connectivity index (χ4n) is 5.10. The molecule has 0 spiro atoms. The van der Waals surface area contributed by atoms with Crippen molar-refractivity contribution in [2.45, 2.75) is 38.4 Å². The molecule has 32 heavy (non-hydrogen) atoms. The summed E-state index contributed by atoms with van der Waals surface area (Å²) in [5.41, 5.74) is 1.28. The number of Topliss-reactive ketones (excluding diaryl/α,β-unsaturated/α-hetero) is 1. The van der Waals surface area contributed by atoms with E-state index in [1.807, 2.05) is 53.8 Å². The van der Waals surface area contributed by atoms with Crippen molar-refractivity contribution in [2.24, 2.45) is 5.92 Å². The normalized spacial score (nSPS) is 23.2. The van der Waals surface area contributed by atoms with E-state index < -0.39 is 23.8 Å². The maximum atomic E-state index is 15.1. The molecule has 3 heterocycles. The zero-order chi connectivity index (χ0) is 22.4. The number of nitrogens with zero attached hydrogens (tertiary/aromatic N) is 4. The number of ketones is 1. The number of carbonyl (C=O) groups excluding carboxylic acids is 2. The average Bonchev–Trinajstić information content (AvgIpc) is 3.50. The van der Waals surface area contributed by atoms with Gasteiger partial charge in [-0.25, -0.2) is 14.4 Å². The van der Waals surface area contributed by atoms with Gasteiger partial charge in [-0.15, -0.1) is 0 Å². The molecule has 1 amide bonds. The molecule has 2 saturated heterocycles. The third kappa shape index (κ3) is 3.15. The highest BCUT2D eigenvalue weighted by Crippen LogP contribution is 2.52. The Kier molecular flexibility index (Phi) is 5.13. The number of carbonyl (C=O) groups is 2. The molecule has 2 fully saturated rings. The molecule has 5 rings (SSSR count). The van der Waals surface area contributed by atoms with Crippen LogP contribution in [0.3, 0.4) is 0 Å². The fourth-order valence-corrected chi connectivity index (χ4v) is 5.10. The van der Waals surface area contributed by atoms with Crippen molar-refractivity contribution >= 4 is 11.7 Å². The topological polar surface area (TPSA) is 58.4 Å². The Hall–Kier alpha value is -3.32. The number of fused-ring (bicyclic) bond motifs is 1. The van der Waals surface area contributed by atoms with Gasteiger partial charge in [-0.2, -0.15) is 0 Å². The summed E-state index contributed by atoms with van der Waals surface area (Å²) in [6.07, 6.45) is 3.75. The fraction of sp³-hybridized carbons (Fsp3) is 0.320. The molecule has 6 nitrogen and oxygen atoms in total. The standard InChI is InChI=1S/C25H25FN4O2/c1-16(2)28-15-13-27-25(28)24(32)21-22(17-8-4-3-5-9-17)29-14-12-20(31)30(29)23(21)18-10-6-7-11-19(18)26/h3-11,13,15-16,21-23H,12,14H2,1-2H3/t21-,22+,23+/m1/s1. The number of halogens is 1. The van der Waals surface area contributed by atoms with Gasteiger partial charge in [0.25, 0.3) is 0 Å². The first-order valence-corrected chi connectivity index (χ1v) is 10.9. The number of hydrazine groups is 1. The molecular weight excluding hydrogens is 407 g/mol. The number of benzene rings is 2. The first-order valence-electron chi connectivity index (χ1n) is 10.9. The Labute approximate surface area is 186 Å². The summed E-state index contributed by atoms with van der Waals surface area (Å²) in [5, 5.41) is 3.56. The zero-order valence-electron chi connectivity index (χ0n) is 18.1. The Morgan fingerprint density at radius 1 is 1.06 bits per heavy atom. The maximum Gasteiger partial charge on any atom is 0.238 e. The Morgan fingerprint density at radius 3 is 2.50 bits per heavy atom. The number of hydrogen-bond donors (Lipinski definition) is 0. The first kappa shape index (κ1) is 20.6. The van der Waals surface area contributed by atoms with Gasteiger partial charge in [-0.05, 0) is 25.5 Å². The summed E-state index contributed by atoms with van der Waals surface area (Å²) in [6.45, 7) is 4.47. The smallest absolute Gasteiger partial charge is 0.238 e. The minimum absolute atomic E-state index is 0.0432. The van der Waals surface area contributed by atoms with Gasteiger partial charge < -0.3 is 4.57 Å². The van der Waals surface area contributed by atoms with Crippen LogP contribution in [0.15, 0.2) is 67.0 Å². The van der Waals surface area contributed by atoms with Crippen LogP contribution in [-0.2, 0) is 4.79 Å². The second kappa shape index (κ2) is 7.98. The number of imidazole rings is 1. The monoisotopic (exact) mass is 432 g/mol. The third-order valence-corrected chi connectivity index (χ3v) is 6.47. The number of hydrogen-bond acceptors (Lipinski definition) is 4. The predicted molar refractivity (Wildman–Crippen MR) is 117 cm³/mol. The van der Waals surface area contributed by atoms with Gasteiger partial charge in [0.2, 0.25) is 11.7 Å². The van der Waals surface area contributed by atoms with Gasteiger partial charge in [-0.1, -0.05) is 48.5 Å². The lowest BCUT2D eigenvalue weighted by atomic mass is 9.81. The molecule has 2 aliphatic rings. The van der Waals surface area contributed by atoms with E-state index in [-0.39, 0.29) is 17.7 Å². The van der Waals surface area contributed by atoms with Crippen molar-refractivity contribution in [3.8, 4) is 0 Å². The average molecular weight is 432 g/mol. The lowest BCUT2D eigenvalue weighted by Crippen LogP contribution is -2.35. The number of aromatic nitrogens is 2. The molecule has 0 aliphatic carbocycles. The Morgan fingerprint density at radius 2 is 1.78 bits per heavy atom. The van der Waals surface area contributed by atoms with Crippen LogP contribution in [0.1, 0.15) is 60.1 Å². The zero-order valence-corrected chi connectivity index (χ0v) is 18.1. The number of amides is 1. The first-order chi connectivity index (χ1) is 15.5. The summed E-state index contributed by atoms with van der Waals surface area (Å²) in [7, 11) is 0. The van der Waals surface area contributed by atoms with Crippen LogP contribution in [0.5, 0.6) is 0 Å².